The number of ether oxygens (including phenoxy) is 1. The molecule has 3 aliphatic carbocycles. The minimum atomic E-state index is -0.131. The minimum absolute atomic E-state index is 0.0743. The predicted molar refractivity (Wildman–Crippen MR) is 140 cm³/mol. The third-order valence-corrected chi connectivity index (χ3v) is 9.84. The molecular formula is C31H48O4. The third kappa shape index (κ3) is 6.06. The summed E-state index contributed by atoms with van der Waals surface area (Å²) < 4.78 is 5.87. The maximum Gasteiger partial charge on any atom is 0.302 e. The van der Waals surface area contributed by atoms with E-state index in [2.05, 4.69) is 13.0 Å². The summed E-state index contributed by atoms with van der Waals surface area (Å²) in [6, 6.07) is 6.10. The maximum atomic E-state index is 11.8. The van der Waals surface area contributed by atoms with Crippen molar-refractivity contribution in [3.8, 4) is 5.75 Å². The van der Waals surface area contributed by atoms with E-state index >= 15 is 0 Å². The van der Waals surface area contributed by atoms with E-state index in [0.29, 0.717) is 36.0 Å². The van der Waals surface area contributed by atoms with Crippen molar-refractivity contribution in [1.82, 2.24) is 0 Å². The number of aliphatic hydroxyl groups excluding tert-OH is 1. The van der Waals surface area contributed by atoms with Crippen LogP contribution in [0.25, 0.3) is 0 Å². The van der Waals surface area contributed by atoms with Crippen LogP contribution in [0.2, 0.25) is 0 Å². The lowest BCUT2D eigenvalue weighted by atomic mass is 9.52. The van der Waals surface area contributed by atoms with Gasteiger partial charge in [-0.05, 0) is 91.9 Å². The van der Waals surface area contributed by atoms with Crippen molar-refractivity contribution < 1.29 is 19.7 Å². The Balaban J connectivity index is 1.38. The van der Waals surface area contributed by atoms with Crippen molar-refractivity contribution >= 4 is 5.97 Å². The lowest BCUT2D eigenvalue weighted by Gasteiger charge is -2.53. The molecular weight excluding hydrogens is 436 g/mol. The van der Waals surface area contributed by atoms with Crippen molar-refractivity contribution in [1.29, 1.82) is 0 Å². The fourth-order valence-corrected chi connectivity index (χ4v) is 8.16. The summed E-state index contributed by atoms with van der Waals surface area (Å²) in [5, 5.41) is 19.1. The molecule has 0 saturated heterocycles. The number of phenols is 1. The standard InChI is InChI=1S/C31H48O4/c1-22(33)35-29-16-15-28-30-23(12-10-8-6-4-3-5-7-9-11-19-32)20-24-21-25(34)13-14-26(24)27(30)17-18-31(28,29)2/h13-14,21,23,27-30,32,34H,3-12,15-20H2,1-2H3/t23-,27-,28+,29+,30-,31+/m1/s1. The zero-order valence-electron chi connectivity index (χ0n) is 22.1. The van der Waals surface area contributed by atoms with E-state index in [9.17, 15) is 9.90 Å². The van der Waals surface area contributed by atoms with Crippen LogP contribution in [0.5, 0.6) is 5.75 Å². The first-order valence-electron chi connectivity index (χ1n) is 14.5. The van der Waals surface area contributed by atoms with Crippen LogP contribution in [0.3, 0.4) is 0 Å². The van der Waals surface area contributed by atoms with E-state index in [1.54, 1.807) is 6.92 Å². The average molecular weight is 485 g/mol. The van der Waals surface area contributed by atoms with Crippen LogP contribution in [0.15, 0.2) is 18.2 Å². The van der Waals surface area contributed by atoms with Gasteiger partial charge in [-0.3, -0.25) is 4.79 Å². The van der Waals surface area contributed by atoms with Crippen LogP contribution in [-0.4, -0.2) is 28.9 Å². The molecule has 2 N–H and O–H groups in total. The highest BCUT2D eigenvalue weighted by molar-refractivity contribution is 5.66. The van der Waals surface area contributed by atoms with Gasteiger partial charge in [0.15, 0.2) is 0 Å². The van der Waals surface area contributed by atoms with Gasteiger partial charge in [0.05, 0.1) is 0 Å². The summed E-state index contributed by atoms with van der Waals surface area (Å²) in [4.78, 5) is 11.8. The monoisotopic (exact) mass is 484 g/mol. The number of esters is 1. The lowest BCUT2D eigenvalue weighted by molar-refractivity contribution is -0.155. The van der Waals surface area contributed by atoms with Gasteiger partial charge >= 0.3 is 5.97 Å². The van der Waals surface area contributed by atoms with Crippen LogP contribution in [0, 0.1) is 23.2 Å². The SMILES string of the molecule is CC(=O)O[C@H]1CC[C@H]2[C@@H]3[C@H](CCCCCCCCCCCO)Cc4cc(O)ccc4[C@H]3CC[C@]12C. The fourth-order valence-electron chi connectivity index (χ4n) is 8.16. The van der Waals surface area contributed by atoms with Crippen molar-refractivity contribution in [2.75, 3.05) is 6.61 Å². The van der Waals surface area contributed by atoms with Crippen molar-refractivity contribution in [3.63, 3.8) is 0 Å². The predicted octanol–water partition coefficient (Wildman–Crippen LogP) is 7.30. The van der Waals surface area contributed by atoms with Crippen molar-refractivity contribution in [3.05, 3.63) is 29.3 Å². The first kappa shape index (κ1) is 26.5. The Morgan fingerprint density at radius 1 is 1.00 bits per heavy atom. The number of hydrogen-bond donors (Lipinski definition) is 2. The van der Waals surface area contributed by atoms with Gasteiger partial charge in [0.1, 0.15) is 11.9 Å². The van der Waals surface area contributed by atoms with Gasteiger partial charge in [-0.15, -0.1) is 0 Å². The first-order chi connectivity index (χ1) is 16.9. The van der Waals surface area contributed by atoms with Crippen LogP contribution < -0.4 is 0 Å². The number of benzene rings is 1. The summed E-state index contributed by atoms with van der Waals surface area (Å²) in [6.07, 6.45) is 18.2. The van der Waals surface area contributed by atoms with Gasteiger partial charge < -0.3 is 14.9 Å². The minimum Gasteiger partial charge on any atom is -0.508 e. The van der Waals surface area contributed by atoms with Crippen molar-refractivity contribution in [2.45, 2.75) is 122 Å². The Hall–Kier alpha value is -1.55. The average Bonchev–Trinajstić information content (AvgIpc) is 3.15. The van der Waals surface area contributed by atoms with Crippen LogP contribution >= 0.6 is 0 Å². The molecule has 1 aromatic carbocycles. The largest absolute Gasteiger partial charge is 0.508 e. The molecule has 0 unspecified atom stereocenters. The molecule has 6 atom stereocenters. The number of aliphatic hydroxyl groups is 1. The van der Waals surface area contributed by atoms with E-state index in [0.717, 1.165) is 32.1 Å². The molecule has 2 saturated carbocycles. The first-order valence-corrected chi connectivity index (χ1v) is 14.5. The highest BCUT2D eigenvalue weighted by Crippen LogP contribution is 2.63. The number of rotatable bonds is 12. The smallest absolute Gasteiger partial charge is 0.302 e. The molecule has 3 aliphatic rings. The molecule has 0 aromatic heterocycles. The quantitative estimate of drug-likeness (QED) is 0.241. The molecule has 196 valence electrons. The van der Waals surface area contributed by atoms with Gasteiger partial charge in [0.2, 0.25) is 0 Å². The zero-order valence-corrected chi connectivity index (χ0v) is 22.1. The number of carbonyl (C=O) groups excluding carboxylic acids is 1. The van der Waals surface area contributed by atoms with E-state index in [-0.39, 0.29) is 17.5 Å². The Morgan fingerprint density at radius 3 is 2.37 bits per heavy atom. The van der Waals surface area contributed by atoms with Crippen molar-refractivity contribution in [2.24, 2.45) is 23.2 Å². The summed E-state index contributed by atoms with van der Waals surface area (Å²) in [6.45, 7) is 4.29. The lowest BCUT2D eigenvalue weighted by Crippen LogP contribution is -2.48. The van der Waals surface area contributed by atoms with Crippen LogP contribution in [0.4, 0.5) is 0 Å². The van der Waals surface area contributed by atoms with Gasteiger partial charge in [-0.2, -0.15) is 0 Å². The molecule has 2 fully saturated rings. The van der Waals surface area contributed by atoms with Gasteiger partial charge in [-0.25, -0.2) is 0 Å². The molecule has 0 amide bonds. The normalized spacial score (nSPS) is 31.5. The van der Waals surface area contributed by atoms with Crippen LogP contribution in [0.1, 0.15) is 121 Å². The Kier molecular flexibility index (Phi) is 9.18. The second kappa shape index (κ2) is 12.1. The maximum absolute atomic E-state index is 11.8. The van der Waals surface area contributed by atoms with E-state index in [1.807, 2.05) is 12.1 Å². The molecule has 35 heavy (non-hydrogen) atoms. The Morgan fingerprint density at radius 2 is 1.69 bits per heavy atom. The molecule has 0 aliphatic heterocycles. The second-order valence-electron chi connectivity index (χ2n) is 12.1. The molecule has 0 heterocycles. The summed E-state index contributed by atoms with van der Waals surface area (Å²) in [5.74, 6) is 2.80. The van der Waals surface area contributed by atoms with E-state index in [4.69, 9.17) is 9.84 Å². The zero-order chi connectivity index (χ0) is 24.8. The second-order valence-corrected chi connectivity index (χ2v) is 12.1. The summed E-state index contributed by atoms with van der Waals surface area (Å²) >= 11 is 0. The van der Waals surface area contributed by atoms with E-state index < -0.39 is 0 Å². The third-order valence-electron chi connectivity index (χ3n) is 9.84. The molecule has 0 spiro atoms. The Bertz CT molecular complexity index is 835. The number of phenolic OH excluding ortho intramolecular Hbond substituents is 1. The number of fused-ring (bicyclic) bond motifs is 5. The highest BCUT2D eigenvalue weighted by Gasteiger charge is 2.57. The highest BCUT2D eigenvalue weighted by atomic mass is 16.5. The summed E-state index contributed by atoms with van der Waals surface area (Å²) in [7, 11) is 0. The number of carbonyl (C=O) groups is 1. The molecule has 0 radical (unpaired) electrons. The topological polar surface area (TPSA) is 66.8 Å². The van der Waals surface area contributed by atoms with Gasteiger partial charge in [0, 0.05) is 18.9 Å². The summed E-state index contributed by atoms with van der Waals surface area (Å²) in [5.41, 5.74) is 2.95. The molecule has 4 rings (SSSR count). The fraction of sp³-hybridized carbons (Fsp3) is 0.774. The van der Waals surface area contributed by atoms with Gasteiger partial charge in [0.25, 0.3) is 0 Å². The Labute approximate surface area is 212 Å². The number of hydrogen-bond acceptors (Lipinski definition) is 4. The number of aromatic hydroxyl groups is 1. The van der Waals surface area contributed by atoms with E-state index in [1.165, 1.54) is 75.3 Å². The molecule has 1 aromatic rings. The van der Waals surface area contributed by atoms with Gasteiger partial charge in [-0.1, -0.05) is 64.4 Å². The molecule has 4 nitrogen and oxygen atoms in total. The molecule has 0 bridgehead atoms. The molecule has 4 heteroatoms. The number of unbranched alkanes of at least 4 members (excludes halogenated alkanes) is 8. The van der Waals surface area contributed by atoms with Crippen LogP contribution in [-0.2, 0) is 16.0 Å².